The second-order valence-electron chi connectivity index (χ2n) is 5.37. The van der Waals surface area contributed by atoms with E-state index in [9.17, 15) is 16.8 Å². The SMILES string of the molecule is CCN(CC)S(=O)(=O)c1ccc(S(=O)(=O)Nc2ccccc2OC)cc1. The van der Waals surface area contributed by atoms with Crippen LogP contribution in [0.3, 0.4) is 0 Å². The van der Waals surface area contributed by atoms with E-state index in [0.29, 0.717) is 24.5 Å². The topological polar surface area (TPSA) is 92.8 Å². The average Bonchev–Trinajstić information content (AvgIpc) is 2.63. The molecule has 0 spiro atoms. The van der Waals surface area contributed by atoms with E-state index in [-0.39, 0.29) is 9.79 Å². The van der Waals surface area contributed by atoms with Crippen molar-refractivity contribution in [1.82, 2.24) is 4.31 Å². The molecular formula is C17H22N2O5S2. The number of sulfonamides is 2. The van der Waals surface area contributed by atoms with Gasteiger partial charge in [0.2, 0.25) is 10.0 Å². The molecule has 0 aromatic heterocycles. The zero-order valence-corrected chi connectivity index (χ0v) is 16.5. The molecule has 142 valence electrons. The Bertz CT molecular complexity index is 951. The van der Waals surface area contributed by atoms with Gasteiger partial charge in [0.1, 0.15) is 5.75 Å². The summed E-state index contributed by atoms with van der Waals surface area (Å²) in [5.41, 5.74) is 0.301. The maximum Gasteiger partial charge on any atom is 0.262 e. The molecule has 0 aliphatic rings. The van der Waals surface area contributed by atoms with Gasteiger partial charge in [0.05, 0.1) is 22.6 Å². The van der Waals surface area contributed by atoms with Gasteiger partial charge < -0.3 is 4.74 Å². The van der Waals surface area contributed by atoms with Gasteiger partial charge in [-0.2, -0.15) is 4.31 Å². The summed E-state index contributed by atoms with van der Waals surface area (Å²) in [6, 6.07) is 11.8. The quantitative estimate of drug-likeness (QED) is 0.738. The van der Waals surface area contributed by atoms with E-state index in [4.69, 9.17) is 4.74 Å². The van der Waals surface area contributed by atoms with Crippen molar-refractivity contribution in [1.29, 1.82) is 0 Å². The van der Waals surface area contributed by atoms with Crippen molar-refractivity contribution in [2.45, 2.75) is 23.6 Å². The van der Waals surface area contributed by atoms with Crippen LogP contribution < -0.4 is 9.46 Å². The Morgan fingerprint density at radius 1 is 0.885 bits per heavy atom. The molecule has 2 aromatic rings. The lowest BCUT2D eigenvalue weighted by molar-refractivity contribution is 0.417. The summed E-state index contributed by atoms with van der Waals surface area (Å²) < 4.78 is 58.9. The predicted molar refractivity (Wildman–Crippen MR) is 100 cm³/mol. The van der Waals surface area contributed by atoms with E-state index >= 15 is 0 Å². The molecule has 0 aliphatic carbocycles. The predicted octanol–water partition coefficient (Wildman–Crippen LogP) is 2.53. The molecule has 0 radical (unpaired) electrons. The summed E-state index contributed by atoms with van der Waals surface area (Å²) in [5, 5.41) is 0. The van der Waals surface area contributed by atoms with Crippen molar-refractivity contribution >= 4 is 25.7 Å². The molecule has 2 aromatic carbocycles. The standard InChI is InChI=1S/C17H22N2O5S2/c1-4-19(5-2)26(22,23)15-12-10-14(11-13-15)25(20,21)18-16-8-6-7-9-17(16)24-3/h6-13,18H,4-5H2,1-3H3. The highest BCUT2D eigenvalue weighted by Gasteiger charge is 2.23. The van der Waals surface area contributed by atoms with Gasteiger partial charge in [-0.1, -0.05) is 26.0 Å². The van der Waals surface area contributed by atoms with Crippen LogP contribution in [-0.2, 0) is 20.0 Å². The fourth-order valence-corrected chi connectivity index (χ4v) is 4.96. The number of anilines is 1. The van der Waals surface area contributed by atoms with Crippen LogP contribution in [0.15, 0.2) is 58.3 Å². The van der Waals surface area contributed by atoms with Crippen LogP contribution in [-0.4, -0.2) is 41.3 Å². The van der Waals surface area contributed by atoms with Gasteiger partial charge in [0.15, 0.2) is 0 Å². The number of ether oxygens (including phenoxy) is 1. The molecule has 1 N–H and O–H groups in total. The minimum atomic E-state index is -3.88. The van der Waals surface area contributed by atoms with Crippen LogP contribution in [0.25, 0.3) is 0 Å². The normalized spacial score (nSPS) is 12.2. The van der Waals surface area contributed by atoms with Crippen molar-refractivity contribution in [2.75, 3.05) is 24.9 Å². The first-order valence-corrected chi connectivity index (χ1v) is 10.9. The van der Waals surface area contributed by atoms with Gasteiger partial charge in [0.25, 0.3) is 10.0 Å². The highest BCUT2D eigenvalue weighted by Crippen LogP contribution is 2.26. The number of hydrogen-bond acceptors (Lipinski definition) is 5. The molecule has 0 fully saturated rings. The Hall–Kier alpha value is -2.10. The molecular weight excluding hydrogens is 376 g/mol. The number of rotatable bonds is 8. The summed E-state index contributed by atoms with van der Waals surface area (Å²) in [5.74, 6) is 0.386. The van der Waals surface area contributed by atoms with Crippen LogP contribution >= 0.6 is 0 Å². The molecule has 0 saturated carbocycles. The molecule has 9 heteroatoms. The van der Waals surface area contributed by atoms with Gasteiger partial charge in [-0.25, -0.2) is 16.8 Å². The Morgan fingerprint density at radius 2 is 1.42 bits per heavy atom. The number of hydrogen-bond donors (Lipinski definition) is 1. The molecule has 0 aliphatic heterocycles. The van der Waals surface area contributed by atoms with Gasteiger partial charge in [-0.15, -0.1) is 0 Å². The van der Waals surface area contributed by atoms with E-state index < -0.39 is 20.0 Å². The zero-order valence-electron chi connectivity index (χ0n) is 14.8. The zero-order chi connectivity index (χ0) is 19.4. The number of methoxy groups -OCH3 is 1. The summed E-state index contributed by atoms with van der Waals surface area (Å²) >= 11 is 0. The highest BCUT2D eigenvalue weighted by atomic mass is 32.2. The highest BCUT2D eigenvalue weighted by molar-refractivity contribution is 7.92. The van der Waals surface area contributed by atoms with Crippen LogP contribution in [0.4, 0.5) is 5.69 Å². The van der Waals surface area contributed by atoms with Gasteiger partial charge in [0, 0.05) is 13.1 Å². The molecule has 0 atom stereocenters. The average molecular weight is 399 g/mol. The summed E-state index contributed by atoms with van der Waals surface area (Å²) in [7, 11) is -6.07. The maximum absolute atomic E-state index is 12.6. The van der Waals surface area contributed by atoms with Crippen molar-refractivity contribution < 1.29 is 21.6 Å². The molecule has 2 rings (SSSR count). The largest absolute Gasteiger partial charge is 0.495 e. The van der Waals surface area contributed by atoms with Crippen LogP contribution in [0.2, 0.25) is 0 Å². The lowest BCUT2D eigenvalue weighted by Gasteiger charge is -2.18. The minimum Gasteiger partial charge on any atom is -0.495 e. The number of benzene rings is 2. The summed E-state index contributed by atoms with van der Waals surface area (Å²) in [6.45, 7) is 4.18. The van der Waals surface area contributed by atoms with E-state index in [1.54, 1.807) is 38.1 Å². The lowest BCUT2D eigenvalue weighted by Crippen LogP contribution is -2.30. The van der Waals surface area contributed by atoms with Crippen LogP contribution in [0, 0.1) is 0 Å². The lowest BCUT2D eigenvalue weighted by atomic mass is 10.3. The van der Waals surface area contributed by atoms with Crippen molar-refractivity contribution in [2.24, 2.45) is 0 Å². The Balaban J connectivity index is 2.32. The number of nitrogens with one attached hydrogen (secondary N) is 1. The van der Waals surface area contributed by atoms with Crippen molar-refractivity contribution in [3.63, 3.8) is 0 Å². The van der Waals surface area contributed by atoms with Crippen molar-refractivity contribution in [3.8, 4) is 5.75 Å². The Kier molecular flexibility index (Phi) is 6.27. The monoisotopic (exact) mass is 398 g/mol. The first kappa shape index (κ1) is 20.2. The van der Waals surface area contributed by atoms with Crippen molar-refractivity contribution in [3.05, 3.63) is 48.5 Å². The Labute approximate surface area is 154 Å². The van der Waals surface area contributed by atoms with E-state index in [1.807, 2.05) is 0 Å². The first-order chi connectivity index (χ1) is 12.3. The molecule has 0 unspecified atom stereocenters. The van der Waals surface area contributed by atoms with Gasteiger partial charge in [-0.3, -0.25) is 4.72 Å². The summed E-state index contributed by atoms with van der Waals surface area (Å²) in [4.78, 5) is 0.0133. The first-order valence-electron chi connectivity index (χ1n) is 8.02. The molecule has 26 heavy (non-hydrogen) atoms. The molecule has 0 heterocycles. The third kappa shape index (κ3) is 4.17. The van der Waals surface area contributed by atoms with E-state index in [0.717, 1.165) is 0 Å². The third-order valence-electron chi connectivity index (χ3n) is 3.83. The second-order valence-corrected chi connectivity index (χ2v) is 8.99. The third-order valence-corrected chi connectivity index (χ3v) is 7.27. The number of nitrogens with zero attached hydrogens (tertiary/aromatic N) is 1. The van der Waals surface area contributed by atoms with Crippen LogP contribution in [0.1, 0.15) is 13.8 Å². The van der Waals surface area contributed by atoms with E-state index in [1.165, 1.54) is 35.7 Å². The minimum absolute atomic E-state index is 0.0399. The summed E-state index contributed by atoms with van der Waals surface area (Å²) in [6.07, 6.45) is 0. The van der Waals surface area contributed by atoms with Gasteiger partial charge >= 0.3 is 0 Å². The molecule has 0 saturated heterocycles. The Morgan fingerprint density at radius 3 is 1.96 bits per heavy atom. The fourth-order valence-electron chi connectivity index (χ4n) is 2.44. The second kappa shape index (κ2) is 8.07. The molecule has 7 nitrogen and oxygen atoms in total. The maximum atomic E-state index is 12.6. The van der Waals surface area contributed by atoms with Crippen LogP contribution in [0.5, 0.6) is 5.75 Å². The van der Waals surface area contributed by atoms with E-state index in [2.05, 4.69) is 4.72 Å². The number of para-hydroxylation sites is 2. The van der Waals surface area contributed by atoms with Gasteiger partial charge in [-0.05, 0) is 36.4 Å². The molecule has 0 amide bonds. The fraction of sp³-hybridized carbons (Fsp3) is 0.294. The smallest absolute Gasteiger partial charge is 0.262 e. The molecule has 0 bridgehead atoms.